The summed E-state index contributed by atoms with van der Waals surface area (Å²) in [5.74, 6) is 0.857. The van der Waals surface area contributed by atoms with Gasteiger partial charge in [-0.2, -0.15) is 0 Å². The van der Waals surface area contributed by atoms with Crippen LogP contribution < -0.4 is 5.56 Å². The molecule has 0 spiro atoms. The third kappa shape index (κ3) is 3.31. The number of benzene rings is 1. The number of para-hydroxylation sites is 1. The number of hydrogen-bond acceptors (Lipinski definition) is 4. The summed E-state index contributed by atoms with van der Waals surface area (Å²) in [6, 6.07) is 13.5. The molecule has 3 aromatic heterocycles. The van der Waals surface area contributed by atoms with E-state index in [9.17, 15) is 4.79 Å². The third-order valence-electron chi connectivity index (χ3n) is 5.22. The molecule has 6 heteroatoms. The Hall–Kier alpha value is -2.99. The largest absolute Gasteiger partial charge is 0.337 e. The quantitative estimate of drug-likeness (QED) is 0.537. The van der Waals surface area contributed by atoms with Gasteiger partial charge in [0.2, 0.25) is 0 Å². The Kier molecular flexibility index (Phi) is 5.21. The summed E-state index contributed by atoms with van der Waals surface area (Å²) in [5.41, 5.74) is 2.57. The fourth-order valence-corrected chi connectivity index (χ4v) is 3.68. The van der Waals surface area contributed by atoms with E-state index < -0.39 is 0 Å². The van der Waals surface area contributed by atoms with Crippen LogP contribution in [0.25, 0.3) is 27.8 Å². The van der Waals surface area contributed by atoms with Gasteiger partial charge in [-0.05, 0) is 50.3 Å². The highest BCUT2D eigenvalue weighted by Crippen LogP contribution is 2.22. The maximum Gasteiger partial charge on any atom is 0.282 e. The Morgan fingerprint density at radius 3 is 2.61 bits per heavy atom. The average Bonchev–Trinajstić information content (AvgIpc) is 3.17. The van der Waals surface area contributed by atoms with Gasteiger partial charge in [-0.15, -0.1) is 0 Å². The maximum atomic E-state index is 13.3. The van der Waals surface area contributed by atoms with Crippen LogP contribution in [0.5, 0.6) is 0 Å². The lowest BCUT2D eigenvalue weighted by Gasteiger charge is -2.16. The van der Waals surface area contributed by atoms with Crippen molar-refractivity contribution in [2.24, 2.45) is 0 Å². The van der Waals surface area contributed by atoms with Gasteiger partial charge in [0.1, 0.15) is 22.5 Å². The van der Waals surface area contributed by atoms with Crippen LogP contribution in [-0.2, 0) is 6.42 Å². The molecular weight excluding hydrogens is 350 g/mol. The standard InChI is InChI=1S/C22H25N5O/c1-3-26(4-2)15-9-13-18-24-19-17-12-8-14-23-21(17)27(22(28)20(19)25-18)16-10-6-5-7-11-16/h5-8,10-12,14H,3-4,9,13,15H2,1-2H3,(H,24,25). The molecule has 0 bridgehead atoms. The van der Waals surface area contributed by atoms with Crippen molar-refractivity contribution in [1.29, 1.82) is 0 Å². The highest BCUT2D eigenvalue weighted by atomic mass is 16.1. The number of rotatable bonds is 7. The molecule has 0 fully saturated rings. The van der Waals surface area contributed by atoms with Crippen LogP contribution in [0.15, 0.2) is 53.5 Å². The summed E-state index contributed by atoms with van der Waals surface area (Å²) in [6.07, 6.45) is 3.53. The first-order chi connectivity index (χ1) is 13.7. The molecule has 1 aromatic carbocycles. The van der Waals surface area contributed by atoms with Gasteiger partial charge < -0.3 is 9.88 Å². The van der Waals surface area contributed by atoms with Crippen LogP contribution in [-0.4, -0.2) is 44.1 Å². The summed E-state index contributed by atoms with van der Waals surface area (Å²) < 4.78 is 1.66. The van der Waals surface area contributed by atoms with Crippen LogP contribution in [0.3, 0.4) is 0 Å². The second-order valence-electron chi connectivity index (χ2n) is 6.89. The predicted molar refractivity (Wildman–Crippen MR) is 113 cm³/mol. The summed E-state index contributed by atoms with van der Waals surface area (Å²) in [7, 11) is 0. The highest BCUT2D eigenvalue weighted by Gasteiger charge is 2.16. The minimum Gasteiger partial charge on any atom is -0.337 e. The topological polar surface area (TPSA) is 66.8 Å². The Balaban J connectivity index is 1.80. The van der Waals surface area contributed by atoms with E-state index in [4.69, 9.17) is 4.98 Å². The van der Waals surface area contributed by atoms with E-state index in [1.807, 2.05) is 42.5 Å². The first kappa shape index (κ1) is 18.4. The predicted octanol–water partition coefficient (Wildman–Crippen LogP) is 3.54. The normalized spacial score (nSPS) is 11.7. The summed E-state index contributed by atoms with van der Waals surface area (Å²) in [6.45, 7) is 7.48. The lowest BCUT2D eigenvalue weighted by Crippen LogP contribution is -2.24. The van der Waals surface area contributed by atoms with Crippen molar-refractivity contribution in [1.82, 2.24) is 24.4 Å². The number of H-pyrrole nitrogens is 1. The van der Waals surface area contributed by atoms with E-state index in [1.54, 1.807) is 10.8 Å². The van der Waals surface area contributed by atoms with E-state index in [2.05, 4.69) is 28.7 Å². The molecule has 0 saturated carbocycles. The second-order valence-corrected chi connectivity index (χ2v) is 6.89. The van der Waals surface area contributed by atoms with Gasteiger partial charge in [0.15, 0.2) is 0 Å². The van der Waals surface area contributed by atoms with Crippen LogP contribution in [0, 0.1) is 0 Å². The van der Waals surface area contributed by atoms with Crippen molar-refractivity contribution >= 4 is 22.1 Å². The molecule has 0 aliphatic carbocycles. The Morgan fingerprint density at radius 2 is 1.86 bits per heavy atom. The SMILES string of the molecule is CCN(CC)CCCc1nc2c([nH]1)c(=O)n(-c1ccccc1)c1ncccc21. The molecule has 6 nitrogen and oxygen atoms in total. The minimum atomic E-state index is -0.116. The number of pyridine rings is 2. The zero-order valence-corrected chi connectivity index (χ0v) is 16.4. The number of nitrogens with one attached hydrogen (secondary N) is 1. The van der Waals surface area contributed by atoms with Crippen molar-refractivity contribution in [2.45, 2.75) is 26.7 Å². The van der Waals surface area contributed by atoms with Crippen LogP contribution in [0.1, 0.15) is 26.1 Å². The van der Waals surface area contributed by atoms with E-state index in [0.717, 1.165) is 49.4 Å². The molecule has 0 aliphatic rings. The molecule has 4 rings (SSSR count). The Morgan fingerprint density at radius 1 is 1.07 bits per heavy atom. The van der Waals surface area contributed by atoms with Gasteiger partial charge in [0.25, 0.3) is 5.56 Å². The van der Waals surface area contributed by atoms with E-state index in [1.165, 1.54) is 0 Å². The van der Waals surface area contributed by atoms with Crippen molar-refractivity contribution in [3.8, 4) is 5.69 Å². The van der Waals surface area contributed by atoms with Crippen molar-refractivity contribution < 1.29 is 0 Å². The highest BCUT2D eigenvalue weighted by molar-refractivity contribution is 6.01. The number of hydrogen-bond donors (Lipinski definition) is 1. The average molecular weight is 375 g/mol. The monoisotopic (exact) mass is 375 g/mol. The Bertz CT molecular complexity index is 1140. The molecule has 4 aromatic rings. The third-order valence-corrected chi connectivity index (χ3v) is 5.22. The zero-order chi connectivity index (χ0) is 19.5. The van der Waals surface area contributed by atoms with Crippen molar-refractivity contribution in [3.63, 3.8) is 0 Å². The fraction of sp³-hybridized carbons (Fsp3) is 0.318. The molecule has 144 valence electrons. The molecular formula is C22H25N5O. The van der Waals surface area contributed by atoms with Crippen molar-refractivity contribution in [3.05, 3.63) is 64.8 Å². The number of fused-ring (bicyclic) bond motifs is 3. The molecule has 0 radical (unpaired) electrons. The number of imidazole rings is 1. The van der Waals surface area contributed by atoms with Crippen LogP contribution in [0.2, 0.25) is 0 Å². The van der Waals surface area contributed by atoms with Gasteiger partial charge in [-0.1, -0.05) is 32.0 Å². The number of aryl methyl sites for hydroxylation is 1. The zero-order valence-electron chi connectivity index (χ0n) is 16.4. The van der Waals surface area contributed by atoms with Gasteiger partial charge in [-0.25, -0.2) is 9.97 Å². The molecule has 3 heterocycles. The molecule has 0 atom stereocenters. The minimum absolute atomic E-state index is 0.116. The number of aromatic nitrogens is 4. The summed E-state index contributed by atoms with van der Waals surface area (Å²) >= 11 is 0. The first-order valence-corrected chi connectivity index (χ1v) is 9.89. The van der Waals surface area contributed by atoms with Crippen LogP contribution >= 0.6 is 0 Å². The lowest BCUT2D eigenvalue weighted by atomic mass is 10.2. The maximum absolute atomic E-state index is 13.3. The second kappa shape index (κ2) is 7.94. The molecule has 0 amide bonds. The fourth-order valence-electron chi connectivity index (χ4n) is 3.68. The molecule has 0 aliphatic heterocycles. The summed E-state index contributed by atoms with van der Waals surface area (Å²) in [5, 5.41) is 0.882. The van der Waals surface area contributed by atoms with Crippen molar-refractivity contribution in [2.75, 3.05) is 19.6 Å². The number of aromatic amines is 1. The smallest absolute Gasteiger partial charge is 0.282 e. The number of nitrogens with zero attached hydrogens (tertiary/aromatic N) is 4. The van der Waals surface area contributed by atoms with Gasteiger partial charge in [0.05, 0.1) is 5.69 Å². The lowest BCUT2D eigenvalue weighted by molar-refractivity contribution is 0.299. The first-order valence-electron chi connectivity index (χ1n) is 9.89. The van der Waals surface area contributed by atoms with Gasteiger partial charge in [-0.3, -0.25) is 9.36 Å². The molecule has 1 N–H and O–H groups in total. The Labute approximate surface area is 163 Å². The van der Waals surface area contributed by atoms with Gasteiger partial charge >= 0.3 is 0 Å². The molecule has 28 heavy (non-hydrogen) atoms. The van der Waals surface area contributed by atoms with Crippen LogP contribution in [0.4, 0.5) is 0 Å². The summed E-state index contributed by atoms with van der Waals surface area (Å²) in [4.78, 5) is 28.2. The molecule has 0 unspecified atom stereocenters. The van der Waals surface area contributed by atoms with E-state index in [0.29, 0.717) is 16.7 Å². The van der Waals surface area contributed by atoms with E-state index >= 15 is 0 Å². The van der Waals surface area contributed by atoms with E-state index in [-0.39, 0.29) is 5.56 Å². The van der Waals surface area contributed by atoms with Gasteiger partial charge in [0, 0.05) is 18.0 Å². The molecule has 0 saturated heterocycles.